The van der Waals surface area contributed by atoms with Crippen LogP contribution < -0.4 is 5.32 Å². The molecule has 1 atom stereocenters. The van der Waals surface area contributed by atoms with Gasteiger partial charge in [-0.15, -0.1) is 11.3 Å². The molecule has 0 spiro atoms. The van der Waals surface area contributed by atoms with E-state index in [2.05, 4.69) is 32.2 Å². The van der Waals surface area contributed by atoms with Crippen molar-refractivity contribution in [2.75, 3.05) is 6.54 Å². The second-order valence-corrected chi connectivity index (χ2v) is 5.63. The van der Waals surface area contributed by atoms with E-state index in [-0.39, 0.29) is 0 Å². The molecule has 1 N–H and O–H groups in total. The van der Waals surface area contributed by atoms with E-state index in [4.69, 9.17) is 11.6 Å². The van der Waals surface area contributed by atoms with E-state index in [0.717, 1.165) is 10.9 Å². The van der Waals surface area contributed by atoms with E-state index >= 15 is 0 Å². The Hall–Kier alpha value is -0.0500. The number of nitrogens with one attached hydrogen (secondary N) is 1. The molecule has 1 heterocycles. The van der Waals surface area contributed by atoms with Crippen molar-refractivity contribution >= 4 is 22.9 Å². The van der Waals surface area contributed by atoms with Gasteiger partial charge in [-0.05, 0) is 31.0 Å². The zero-order valence-corrected chi connectivity index (χ0v) is 10.6. The highest BCUT2D eigenvalue weighted by atomic mass is 35.5. The van der Waals surface area contributed by atoms with Crippen molar-refractivity contribution in [3.8, 4) is 0 Å². The van der Waals surface area contributed by atoms with E-state index < -0.39 is 0 Å². The molecule has 0 bridgehead atoms. The summed E-state index contributed by atoms with van der Waals surface area (Å²) < 4.78 is 0.881. The molecule has 0 amide bonds. The van der Waals surface area contributed by atoms with Gasteiger partial charge in [-0.2, -0.15) is 0 Å². The van der Waals surface area contributed by atoms with Crippen LogP contribution in [0.5, 0.6) is 0 Å². The number of hydrogen-bond donors (Lipinski definition) is 1. The van der Waals surface area contributed by atoms with Crippen molar-refractivity contribution in [3.63, 3.8) is 0 Å². The lowest BCUT2D eigenvalue weighted by Gasteiger charge is -2.18. The molecule has 0 aromatic carbocycles. The summed E-state index contributed by atoms with van der Waals surface area (Å²) in [5, 5.41) is 3.50. The molecule has 14 heavy (non-hydrogen) atoms. The Labute approximate surface area is 95.5 Å². The number of thiophene rings is 1. The number of halogens is 1. The maximum atomic E-state index is 5.93. The van der Waals surface area contributed by atoms with E-state index in [9.17, 15) is 0 Å². The minimum absolute atomic E-state index is 0.470. The summed E-state index contributed by atoms with van der Waals surface area (Å²) in [5.74, 6) is 0.708. The minimum Gasteiger partial charge on any atom is -0.310 e. The molecule has 3 heteroatoms. The molecule has 0 saturated carbocycles. The maximum absolute atomic E-state index is 5.93. The molecular formula is C11H18ClNS. The molecule has 0 aliphatic rings. The van der Waals surface area contributed by atoms with Gasteiger partial charge in [-0.25, -0.2) is 0 Å². The van der Waals surface area contributed by atoms with Crippen LogP contribution in [0.15, 0.2) is 12.1 Å². The molecule has 1 aromatic heterocycles. The molecule has 0 fully saturated rings. The van der Waals surface area contributed by atoms with Crippen molar-refractivity contribution in [2.45, 2.75) is 33.2 Å². The molecule has 0 radical (unpaired) electrons. The van der Waals surface area contributed by atoms with Crippen molar-refractivity contribution in [1.29, 1.82) is 0 Å². The van der Waals surface area contributed by atoms with E-state index in [1.165, 1.54) is 11.3 Å². The van der Waals surface area contributed by atoms with Gasteiger partial charge in [0, 0.05) is 10.9 Å². The van der Waals surface area contributed by atoms with Gasteiger partial charge in [0.1, 0.15) is 0 Å². The highest BCUT2D eigenvalue weighted by Crippen LogP contribution is 2.30. The van der Waals surface area contributed by atoms with Crippen molar-refractivity contribution in [2.24, 2.45) is 5.92 Å². The fourth-order valence-electron chi connectivity index (χ4n) is 1.53. The molecule has 1 nitrogen and oxygen atoms in total. The SMILES string of the molecule is CCNC(CC(C)C)c1ccc(Cl)s1. The van der Waals surface area contributed by atoms with Gasteiger partial charge in [0.2, 0.25) is 0 Å². The van der Waals surface area contributed by atoms with Crippen LogP contribution in [0.2, 0.25) is 4.34 Å². The predicted octanol–water partition coefficient (Wildman–Crippen LogP) is 4.10. The Bertz CT molecular complexity index is 270. The van der Waals surface area contributed by atoms with Gasteiger partial charge in [0.15, 0.2) is 0 Å². The van der Waals surface area contributed by atoms with Crippen molar-refractivity contribution < 1.29 is 0 Å². The average Bonchev–Trinajstić information content (AvgIpc) is 2.50. The van der Waals surface area contributed by atoms with E-state index in [1.54, 1.807) is 11.3 Å². The third kappa shape index (κ3) is 3.60. The van der Waals surface area contributed by atoms with Gasteiger partial charge in [0.05, 0.1) is 4.34 Å². The largest absolute Gasteiger partial charge is 0.310 e. The van der Waals surface area contributed by atoms with Gasteiger partial charge >= 0.3 is 0 Å². The molecule has 0 saturated heterocycles. The fraction of sp³-hybridized carbons (Fsp3) is 0.636. The van der Waals surface area contributed by atoms with Crippen LogP contribution in [0.1, 0.15) is 38.1 Å². The average molecular weight is 232 g/mol. The topological polar surface area (TPSA) is 12.0 Å². The maximum Gasteiger partial charge on any atom is 0.0931 e. The summed E-state index contributed by atoms with van der Waals surface area (Å²) in [5.41, 5.74) is 0. The van der Waals surface area contributed by atoms with Crippen LogP contribution in [-0.4, -0.2) is 6.54 Å². The molecule has 1 aromatic rings. The highest BCUT2D eigenvalue weighted by molar-refractivity contribution is 7.16. The molecule has 1 unspecified atom stereocenters. The summed E-state index contributed by atoms with van der Waals surface area (Å²) in [4.78, 5) is 1.35. The summed E-state index contributed by atoms with van der Waals surface area (Å²) in [6.45, 7) is 7.65. The lowest BCUT2D eigenvalue weighted by molar-refractivity contribution is 0.443. The Morgan fingerprint density at radius 1 is 1.43 bits per heavy atom. The summed E-state index contributed by atoms with van der Waals surface area (Å²) in [7, 11) is 0. The quantitative estimate of drug-likeness (QED) is 0.805. The molecule has 1 rings (SSSR count). The third-order valence-electron chi connectivity index (χ3n) is 2.10. The summed E-state index contributed by atoms with van der Waals surface area (Å²) in [6, 6.07) is 4.58. The van der Waals surface area contributed by atoms with Crippen LogP contribution in [0.3, 0.4) is 0 Å². The number of rotatable bonds is 5. The van der Waals surface area contributed by atoms with Gasteiger partial charge < -0.3 is 5.32 Å². The lowest BCUT2D eigenvalue weighted by atomic mass is 10.0. The van der Waals surface area contributed by atoms with E-state index in [0.29, 0.717) is 12.0 Å². The third-order valence-corrected chi connectivity index (χ3v) is 3.44. The Morgan fingerprint density at radius 2 is 2.14 bits per heavy atom. The van der Waals surface area contributed by atoms with Gasteiger partial charge in [-0.3, -0.25) is 0 Å². The standard InChI is InChI=1S/C11H18ClNS/c1-4-13-9(7-8(2)3)10-5-6-11(12)14-10/h5-6,8-9,13H,4,7H2,1-3H3. The van der Waals surface area contributed by atoms with Crippen LogP contribution in [-0.2, 0) is 0 Å². The van der Waals surface area contributed by atoms with Crippen LogP contribution in [0, 0.1) is 5.92 Å². The zero-order chi connectivity index (χ0) is 10.6. The van der Waals surface area contributed by atoms with Crippen molar-refractivity contribution in [1.82, 2.24) is 5.32 Å². The van der Waals surface area contributed by atoms with Crippen LogP contribution >= 0.6 is 22.9 Å². The van der Waals surface area contributed by atoms with Crippen LogP contribution in [0.4, 0.5) is 0 Å². The minimum atomic E-state index is 0.470. The summed E-state index contributed by atoms with van der Waals surface area (Å²) in [6.07, 6.45) is 1.17. The monoisotopic (exact) mass is 231 g/mol. The summed E-state index contributed by atoms with van der Waals surface area (Å²) >= 11 is 7.61. The molecule has 80 valence electrons. The Morgan fingerprint density at radius 3 is 2.57 bits per heavy atom. The first-order valence-corrected chi connectivity index (χ1v) is 6.31. The van der Waals surface area contributed by atoms with Gasteiger partial charge in [0.25, 0.3) is 0 Å². The van der Waals surface area contributed by atoms with E-state index in [1.807, 2.05) is 6.07 Å². The lowest BCUT2D eigenvalue weighted by Crippen LogP contribution is -2.21. The predicted molar refractivity (Wildman–Crippen MR) is 65.2 cm³/mol. The number of hydrogen-bond acceptors (Lipinski definition) is 2. The highest BCUT2D eigenvalue weighted by Gasteiger charge is 2.13. The fourth-order valence-corrected chi connectivity index (χ4v) is 2.68. The first kappa shape index (κ1) is 12.0. The molecular weight excluding hydrogens is 214 g/mol. The van der Waals surface area contributed by atoms with Crippen LogP contribution in [0.25, 0.3) is 0 Å². The first-order valence-electron chi connectivity index (χ1n) is 5.12. The first-order chi connectivity index (χ1) is 6.63. The Balaban J connectivity index is 2.66. The second kappa shape index (κ2) is 5.74. The zero-order valence-electron chi connectivity index (χ0n) is 9.01. The second-order valence-electron chi connectivity index (χ2n) is 3.88. The van der Waals surface area contributed by atoms with Gasteiger partial charge in [-0.1, -0.05) is 32.4 Å². The van der Waals surface area contributed by atoms with Crippen molar-refractivity contribution in [3.05, 3.63) is 21.3 Å². The molecule has 0 aliphatic heterocycles. The normalized spacial score (nSPS) is 13.5. The molecule has 0 aliphatic carbocycles. The Kier molecular flexibility index (Phi) is 4.93. The smallest absolute Gasteiger partial charge is 0.0931 e.